The molecule has 5 heterocycles. The molecule has 10 heteroatoms. The van der Waals surface area contributed by atoms with Gasteiger partial charge >= 0.3 is 6.18 Å². The van der Waals surface area contributed by atoms with E-state index in [2.05, 4.69) is 25.3 Å². The maximum Gasteiger partial charge on any atom is 0.453 e. The molecule has 27 heavy (non-hydrogen) atoms. The first-order valence-corrected chi connectivity index (χ1v) is 8.27. The Morgan fingerprint density at radius 3 is 2.81 bits per heavy atom. The van der Waals surface area contributed by atoms with Crippen LogP contribution in [0.1, 0.15) is 17.1 Å². The van der Waals surface area contributed by atoms with Crippen LogP contribution in [0.3, 0.4) is 0 Å². The van der Waals surface area contributed by atoms with E-state index in [9.17, 15) is 13.2 Å². The molecular formula is C17H12F3N7. The molecule has 5 rings (SSSR count). The number of hydrogen-bond acceptors (Lipinski definition) is 6. The van der Waals surface area contributed by atoms with Gasteiger partial charge in [-0.25, -0.2) is 9.97 Å². The van der Waals surface area contributed by atoms with Crippen molar-refractivity contribution >= 4 is 22.5 Å². The van der Waals surface area contributed by atoms with Crippen molar-refractivity contribution in [3.05, 3.63) is 53.6 Å². The zero-order valence-electron chi connectivity index (χ0n) is 13.8. The second-order valence-corrected chi connectivity index (χ2v) is 6.30. The van der Waals surface area contributed by atoms with Crippen LogP contribution in [0.2, 0.25) is 0 Å². The van der Waals surface area contributed by atoms with Gasteiger partial charge in [0, 0.05) is 36.8 Å². The zero-order chi connectivity index (χ0) is 18.6. The summed E-state index contributed by atoms with van der Waals surface area (Å²) in [7, 11) is 0. The third kappa shape index (κ3) is 2.64. The first-order valence-electron chi connectivity index (χ1n) is 8.27. The molecule has 0 aliphatic carbocycles. The van der Waals surface area contributed by atoms with E-state index in [0.717, 1.165) is 21.2 Å². The SMILES string of the molecule is FC(F)(F)c1nnc2ccc(N3CCc4nc5ncccc5cc4C3)nn12. The van der Waals surface area contributed by atoms with Crippen molar-refractivity contribution in [1.29, 1.82) is 0 Å². The fourth-order valence-electron chi connectivity index (χ4n) is 3.29. The maximum absolute atomic E-state index is 13.1. The summed E-state index contributed by atoms with van der Waals surface area (Å²) < 4.78 is 40.0. The van der Waals surface area contributed by atoms with Gasteiger partial charge in [0.25, 0.3) is 5.82 Å². The summed E-state index contributed by atoms with van der Waals surface area (Å²) >= 11 is 0. The number of pyridine rings is 2. The van der Waals surface area contributed by atoms with Crippen LogP contribution >= 0.6 is 0 Å². The number of anilines is 1. The fraction of sp³-hybridized carbons (Fsp3) is 0.235. The van der Waals surface area contributed by atoms with Gasteiger partial charge < -0.3 is 4.90 Å². The van der Waals surface area contributed by atoms with E-state index in [4.69, 9.17) is 0 Å². The van der Waals surface area contributed by atoms with Crippen LogP contribution in [-0.2, 0) is 19.1 Å². The number of fused-ring (bicyclic) bond motifs is 3. The second kappa shape index (κ2) is 5.60. The third-order valence-corrected chi connectivity index (χ3v) is 4.56. The topological polar surface area (TPSA) is 72.1 Å². The molecular weight excluding hydrogens is 359 g/mol. The highest BCUT2D eigenvalue weighted by atomic mass is 19.4. The summed E-state index contributed by atoms with van der Waals surface area (Å²) in [6, 6.07) is 8.95. The molecule has 0 fully saturated rings. The van der Waals surface area contributed by atoms with Crippen molar-refractivity contribution < 1.29 is 13.2 Å². The monoisotopic (exact) mass is 371 g/mol. The quantitative estimate of drug-likeness (QED) is 0.512. The van der Waals surface area contributed by atoms with Crippen LogP contribution < -0.4 is 4.90 Å². The third-order valence-electron chi connectivity index (χ3n) is 4.56. The van der Waals surface area contributed by atoms with Crippen LogP contribution in [0.25, 0.3) is 16.7 Å². The Morgan fingerprint density at radius 1 is 1.07 bits per heavy atom. The average molecular weight is 371 g/mol. The number of alkyl halides is 3. The van der Waals surface area contributed by atoms with Gasteiger partial charge in [-0.3, -0.25) is 0 Å². The Labute approximate surface area is 150 Å². The molecule has 0 N–H and O–H groups in total. The minimum atomic E-state index is -4.62. The minimum Gasteiger partial charge on any atom is -0.350 e. The Balaban J connectivity index is 1.53. The molecule has 0 bridgehead atoms. The van der Waals surface area contributed by atoms with Gasteiger partial charge in [-0.1, -0.05) is 0 Å². The van der Waals surface area contributed by atoms with Crippen molar-refractivity contribution in [3.8, 4) is 0 Å². The van der Waals surface area contributed by atoms with Gasteiger partial charge in [0.05, 0.1) is 0 Å². The van der Waals surface area contributed by atoms with Gasteiger partial charge in [-0.2, -0.15) is 17.7 Å². The molecule has 1 aliphatic rings. The Morgan fingerprint density at radius 2 is 1.96 bits per heavy atom. The van der Waals surface area contributed by atoms with Gasteiger partial charge in [0.15, 0.2) is 11.3 Å². The molecule has 1 aliphatic heterocycles. The Hall–Kier alpha value is -3.30. The van der Waals surface area contributed by atoms with Gasteiger partial charge in [0.2, 0.25) is 0 Å². The summed E-state index contributed by atoms with van der Waals surface area (Å²) in [4.78, 5) is 10.8. The number of nitrogens with zero attached hydrogens (tertiary/aromatic N) is 7. The first kappa shape index (κ1) is 15.9. The van der Waals surface area contributed by atoms with Crippen LogP contribution in [-0.4, -0.2) is 36.3 Å². The van der Waals surface area contributed by atoms with E-state index in [1.54, 1.807) is 12.3 Å². The lowest BCUT2D eigenvalue weighted by Crippen LogP contribution is -2.32. The van der Waals surface area contributed by atoms with E-state index < -0.39 is 12.0 Å². The van der Waals surface area contributed by atoms with E-state index in [1.807, 2.05) is 23.1 Å². The predicted molar refractivity (Wildman–Crippen MR) is 90.1 cm³/mol. The van der Waals surface area contributed by atoms with Crippen LogP contribution in [0.15, 0.2) is 36.5 Å². The van der Waals surface area contributed by atoms with E-state index in [1.165, 1.54) is 6.07 Å². The number of aromatic nitrogens is 6. The lowest BCUT2D eigenvalue weighted by atomic mass is 10.0. The standard InChI is InChI=1S/C17H12F3N7/c18-17(19,20)16-24-23-13-3-4-14(25-27(13)16)26-7-5-12-11(9-26)8-10-2-1-6-21-15(10)22-12/h1-4,6,8H,5,7,9H2. The smallest absolute Gasteiger partial charge is 0.350 e. The number of hydrogen-bond donors (Lipinski definition) is 0. The molecule has 7 nitrogen and oxygen atoms in total. The molecule has 0 amide bonds. The molecule has 0 aromatic carbocycles. The molecule has 4 aromatic rings. The summed E-state index contributed by atoms with van der Waals surface area (Å²) in [5.41, 5.74) is 2.73. The Kier molecular flexibility index (Phi) is 3.30. The van der Waals surface area contributed by atoms with E-state index >= 15 is 0 Å². The molecule has 136 valence electrons. The zero-order valence-corrected chi connectivity index (χ0v) is 13.8. The van der Waals surface area contributed by atoms with Crippen molar-refractivity contribution in [1.82, 2.24) is 29.8 Å². The molecule has 0 saturated heterocycles. The molecule has 0 spiro atoms. The van der Waals surface area contributed by atoms with Crippen molar-refractivity contribution in [2.75, 3.05) is 11.4 Å². The average Bonchev–Trinajstić information content (AvgIpc) is 3.09. The molecule has 0 radical (unpaired) electrons. The number of rotatable bonds is 1. The van der Waals surface area contributed by atoms with Crippen LogP contribution in [0.5, 0.6) is 0 Å². The van der Waals surface area contributed by atoms with Crippen LogP contribution in [0, 0.1) is 0 Å². The largest absolute Gasteiger partial charge is 0.453 e. The molecule has 0 atom stereocenters. The van der Waals surface area contributed by atoms with Crippen LogP contribution in [0.4, 0.5) is 19.0 Å². The van der Waals surface area contributed by atoms with E-state index in [-0.39, 0.29) is 5.65 Å². The molecule has 0 saturated carbocycles. The van der Waals surface area contributed by atoms with Gasteiger partial charge in [-0.05, 0) is 35.9 Å². The molecule has 0 unspecified atom stereocenters. The lowest BCUT2D eigenvalue weighted by molar-refractivity contribution is -0.146. The first-order chi connectivity index (χ1) is 13.0. The van der Waals surface area contributed by atoms with Crippen molar-refractivity contribution in [3.63, 3.8) is 0 Å². The highest BCUT2D eigenvalue weighted by Crippen LogP contribution is 2.29. The highest BCUT2D eigenvalue weighted by molar-refractivity contribution is 5.75. The number of halogens is 3. The Bertz CT molecular complexity index is 1170. The predicted octanol–water partition coefficient (Wildman–Crippen LogP) is 2.65. The van der Waals surface area contributed by atoms with E-state index in [0.29, 0.717) is 31.0 Å². The van der Waals surface area contributed by atoms with Crippen molar-refractivity contribution in [2.24, 2.45) is 0 Å². The summed E-state index contributed by atoms with van der Waals surface area (Å²) in [6.45, 7) is 1.11. The minimum absolute atomic E-state index is 0.0576. The van der Waals surface area contributed by atoms with Gasteiger partial charge in [-0.15, -0.1) is 15.3 Å². The highest BCUT2D eigenvalue weighted by Gasteiger charge is 2.37. The van der Waals surface area contributed by atoms with Crippen molar-refractivity contribution in [2.45, 2.75) is 19.1 Å². The normalized spacial score (nSPS) is 14.7. The summed E-state index contributed by atoms with van der Waals surface area (Å²) in [5, 5.41) is 11.8. The fourth-order valence-corrected chi connectivity index (χ4v) is 3.29. The lowest BCUT2D eigenvalue weighted by Gasteiger charge is -2.29. The summed E-state index contributed by atoms with van der Waals surface area (Å²) in [5.74, 6) is -0.694. The van der Waals surface area contributed by atoms with Gasteiger partial charge in [0.1, 0.15) is 5.82 Å². The molecule has 4 aromatic heterocycles. The maximum atomic E-state index is 13.1. The second-order valence-electron chi connectivity index (χ2n) is 6.30. The summed E-state index contributed by atoms with van der Waals surface area (Å²) in [6.07, 6.45) is -2.25.